The fraction of sp³-hybridized carbons (Fsp3) is 0.467. The van der Waals surface area contributed by atoms with E-state index in [0.717, 1.165) is 0 Å². The first-order chi connectivity index (χ1) is 19.2. The van der Waals surface area contributed by atoms with E-state index < -0.39 is 48.1 Å². The molecule has 3 amide bonds. The molecule has 11 nitrogen and oxygen atoms in total. The fourth-order valence-corrected chi connectivity index (χ4v) is 4.06. The third kappa shape index (κ3) is 10.3. The molecule has 2 aromatic rings. The van der Waals surface area contributed by atoms with E-state index in [0.29, 0.717) is 29.5 Å². The van der Waals surface area contributed by atoms with E-state index in [9.17, 15) is 29.4 Å². The van der Waals surface area contributed by atoms with E-state index in [1.165, 1.54) is 36.3 Å². The monoisotopic (exact) mass is 571 g/mol. The van der Waals surface area contributed by atoms with Crippen molar-refractivity contribution in [1.29, 1.82) is 0 Å². The number of nitrogens with zero attached hydrogens (tertiary/aromatic N) is 1. The molecule has 0 saturated heterocycles. The number of amides is 3. The molecule has 0 aliphatic heterocycles. The molecule has 2 atom stereocenters. The fourth-order valence-electron chi connectivity index (χ4n) is 4.06. The van der Waals surface area contributed by atoms with Crippen molar-refractivity contribution in [3.63, 3.8) is 0 Å². The third-order valence-corrected chi connectivity index (χ3v) is 6.13. The van der Waals surface area contributed by atoms with Gasteiger partial charge in [-0.2, -0.15) is 0 Å². The summed E-state index contributed by atoms with van der Waals surface area (Å²) in [6.07, 6.45) is 0.489. The molecular weight excluding hydrogens is 530 g/mol. The SMILES string of the molecule is CCCCN(C(=O)C(Cc1ccc(O)cc1)NC(=O)OC(C)(C)C)C(C(=O)NCC(=O)OC)c1ccc(O)c(C)c1. The molecule has 0 aromatic heterocycles. The van der Waals surface area contributed by atoms with Crippen molar-refractivity contribution in [2.24, 2.45) is 0 Å². The van der Waals surface area contributed by atoms with E-state index in [1.807, 2.05) is 6.92 Å². The first-order valence-corrected chi connectivity index (χ1v) is 13.5. The highest BCUT2D eigenvalue weighted by atomic mass is 16.6. The van der Waals surface area contributed by atoms with Gasteiger partial charge in [0.25, 0.3) is 0 Å². The van der Waals surface area contributed by atoms with Crippen molar-refractivity contribution in [2.45, 2.75) is 71.6 Å². The molecule has 224 valence electrons. The third-order valence-electron chi connectivity index (χ3n) is 6.13. The minimum Gasteiger partial charge on any atom is -0.508 e. The van der Waals surface area contributed by atoms with Crippen LogP contribution in [0.1, 0.15) is 63.3 Å². The number of benzene rings is 2. The summed E-state index contributed by atoms with van der Waals surface area (Å²) in [7, 11) is 1.20. The molecule has 0 aliphatic carbocycles. The van der Waals surface area contributed by atoms with Crippen LogP contribution in [0.3, 0.4) is 0 Å². The number of unbranched alkanes of at least 4 members (excludes halogenated alkanes) is 1. The number of rotatable bonds is 12. The Balaban J connectivity index is 2.57. The van der Waals surface area contributed by atoms with Gasteiger partial charge in [-0.05, 0) is 75.1 Å². The van der Waals surface area contributed by atoms with Gasteiger partial charge in [0.2, 0.25) is 11.8 Å². The van der Waals surface area contributed by atoms with Gasteiger partial charge < -0.3 is 35.2 Å². The number of aryl methyl sites for hydroxylation is 1. The second-order valence-corrected chi connectivity index (χ2v) is 10.7. The van der Waals surface area contributed by atoms with Gasteiger partial charge in [0.05, 0.1) is 7.11 Å². The molecule has 0 spiro atoms. The highest BCUT2D eigenvalue weighted by Gasteiger charge is 2.36. The standard InChI is InChI=1S/C30H41N3O8/c1-7-8-15-33(26(27(37)31-18-25(36)40-6)21-11-14-24(35)19(2)16-21)28(38)23(32-29(39)41-30(3,4)5)17-20-9-12-22(34)13-10-20/h9-14,16,23,26,34-35H,7-8,15,17-18H2,1-6H3,(H,31,37)(H,32,39). The largest absolute Gasteiger partial charge is 0.508 e. The van der Waals surface area contributed by atoms with Crippen LogP contribution in [0.25, 0.3) is 0 Å². The molecule has 0 fully saturated rings. The first-order valence-electron chi connectivity index (χ1n) is 13.5. The molecule has 0 radical (unpaired) electrons. The van der Waals surface area contributed by atoms with Crippen LogP contribution >= 0.6 is 0 Å². The van der Waals surface area contributed by atoms with Crippen LogP contribution in [0.15, 0.2) is 42.5 Å². The Hall–Kier alpha value is -4.28. The van der Waals surface area contributed by atoms with Crippen molar-refractivity contribution in [1.82, 2.24) is 15.5 Å². The summed E-state index contributed by atoms with van der Waals surface area (Å²) in [5, 5.41) is 25.0. The number of phenolic OH excluding ortho intramolecular Hbond substituents is 2. The van der Waals surface area contributed by atoms with Crippen molar-refractivity contribution in [3.05, 3.63) is 59.2 Å². The number of nitrogens with one attached hydrogen (secondary N) is 2. The maximum absolute atomic E-state index is 14.3. The molecule has 41 heavy (non-hydrogen) atoms. The normalized spacial score (nSPS) is 12.5. The van der Waals surface area contributed by atoms with Crippen LogP contribution in [0.5, 0.6) is 11.5 Å². The molecule has 0 aliphatic rings. The molecule has 11 heteroatoms. The Labute approximate surface area is 240 Å². The summed E-state index contributed by atoms with van der Waals surface area (Å²) in [6.45, 7) is 8.45. The second-order valence-electron chi connectivity index (χ2n) is 10.7. The quantitative estimate of drug-likeness (QED) is 0.282. The van der Waals surface area contributed by atoms with E-state index in [2.05, 4.69) is 15.4 Å². The average molecular weight is 572 g/mol. The lowest BCUT2D eigenvalue weighted by Gasteiger charge is -2.34. The molecule has 0 bridgehead atoms. The number of carbonyl (C=O) groups is 4. The van der Waals surface area contributed by atoms with E-state index in [1.54, 1.807) is 45.9 Å². The number of phenols is 2. The predicted octanol–water partition coefficient (Wildman–Crippen LogP) is 3.50. The van der Waals surface area contributed by atoms with Crippen LogP contribution in [-0.4, -0.2) is 70.8 Å². The van der Waals surface area contributed by atoms with Crippen molar-refractivity contribution in [3.8, 4) is 11.5 Å². The maximum Gasteiger partial charge on any atom is 0.408 e. The summed E-state index contributed by atoms with van der Waals surface area (Å²) in [5.41, 5.74) is 0.731. The van der Waals surface area contributed by atoms with Crippen molar-refractivity contribution in [2.75, 3.05) is 20.2 Å². The Kier molecular flexibility index (Phi) is 12.0. The summed E-state index contributed by atoms with van der Waals surface area (Å²) in [4.78, 5) is 53.8. The summed E-state index contributed by atoms with van der Waals surface area (Å²) in [5.74, 6) is -1.79. The van der Waals surface area contributed by atoms with Crippen LogP contribution in [-0.2, 0) is 30.3 Å². The van der Waals surface area contributed by atoms with Crippen LogP contribution in [0.4, 0.5) is 4.79 Å². The minimum absolute atomic E-state index is 0.0192. The minimum atomic E-state index is -1.19. The van der Waals surface area contributed by atoms with E-state index in [4.69, 9.17) is 4.74 Å². The zero-order valence-corrected chi connectivity index (χ0v) is 24.5. The number of hydrogen-bond acceptors (Lipinski definition) is 8. The lowest BCUT2D eigenvalue weighted by Crippen LogP contribution is -2.54. The summed E-state index contributed by atoms with van der Waals surface area (Å²) >= 11 is 0. The molecule has 2 unspecified atom stereocenters. The maximum atomic E-state index is 14.3. The van der Waals surface area contributed by atoms with Gasteiger partial charge in [-0.25, -0.2) is 4.79 Å². The van der Waals surface area contributed by atoms with Gasteiger partial charge in [-0.15, -0.1) is 0 Å². The van der Waals surface area contributed by atoms with Gasteiger partial charge >= 0.3 is 12.1 Å². The van der Waals surface area contributed by atoms with E-state index >= 15 is 0 Å². The zero-order chi connectivity index (χ0) is 30.7. The number of alkyl carbamates (subject to hydrolysis) is 1. The highest BCUT2D eigenvalue weighted by Crippen LogP contribution is 2.28. The van der Waals surface area contributed by atoms with Gasteiger partial charge in [0.15, 0.2) is 0 Å². The van der Waals surface area contributed by atoms with Crippen LogP contribution in [0.2, 0.25) is 0 Å². The predicted molar refractivity (Wildman–Crippen MR) is 152 cm³/mol. The molecule has 4 N–H and O–H groups in total. The Morgan fingerprint density at radius 1 is 1.02 bits per heavy atom. The van der Waals surface area contributed by atoms with Gasteiger partial charge in [0, 0.05) is 13.0 Å². The smallest absolute Gasteiger partial charge is 0.408 e. The lowest BCUT2D eigenvalue weighted by molar-refractivity contribution is -0.144. The van der Waals surface area contributed by atoms with Gasteiger partial charge in [-0.3, -0.25) is 14.4 Å². The van der Waals surface area contributed by atoms with Crippen LogP contribution in [0, 0.1) is 6.92 Å². The molecule has 2 aromatic carbocycles. The number of methoxy groups -OCH3 is 1. The van der Waals surface area contributed by atoms with Gasteiger partial charge in [-0.1, -0.05) is 31.5 Å². The summed E-state index contributed by atoms with van der Waals surface area (Å²) < 4.78 is 10.1. The molecule has 0 saturated carbocycles. The number of aromatic hydroxyl groups is 2. The van der Waals surface area contributed by atoms with Crippen molar-refractivity contribution >= 4 is 23.9 Å². The van der Waals surface area contributed by atoms with Gasteiger partial charge in [0.1, 0.15) is 35.7 Å². The molecule has 2 rings (SSSR count). The molecule has 0 heterocycles. The van der Waals surface area contributed by atoms with Crippen LogP contribution < -0.4 is 10.6 Å². The lowest BCUT2D eigenvalue weighted by atomic mass is 9.98. The Morgan fingerprint density at radius 2 is 1.68 bits per heavy atom. The number of hydrogen-bond donors (Lipinski definition) is 4. The number of carbonyl (C=O) groups excluding carboxylic acids is 4. The molecular formula is C30H41N3O8. The second kappa shape index (κ2) is 14.9. The number of esters is 1. The topological polar surface area (TPSA) is 154 Å². The van der Waals surface area contributed by atoms with Crippen molar-refractivity contribution < 1.29 is 38.9 Å². The Morgan fingerprint density at radius 3 is 2.24 bits per heavy atom. The Bertz CT molecular complexity index is 1210. The average Bonchev–Trinajstić information content (AvgIpc) is 2.90. The first kappa shape index (κ1) is 32.9. The highest BCUT2D eigenvalue weighted by molar-refractivity contribution is 5.93. The van der Waals surface area contributed by atoms with E-state index in [-0.39, 0.29) is 24.5 Å². The number of ether oxygens (including phenoxy) is 2. The summed E-state index contributed by atoms with van der Waals surface area (Å²) in [6, 6.07) is 8.44. The zero-order valence-electron chi connectivity index (χ0n) is 24.5.